The van der Waals surface area contributed by atoms with Gasteiger partial charge in [-0.05, 0) is 62.8 Å². The highest BCUT2D eigenvalue weighted by atomic mass is 32.2. The smallest absolute Gasteiger partial charge is 0.233 e. The molecular formula is C20H29N5O2S. The minimum Gasteiger partial charge on any atom is -0.494 e. The summed E-state index contributed by atoms with van der Waals surface area (Å²) in [6.07, 6.45) is 4.56. The molecule has 0 radical (unpaired) electrons. The summed E-state index contributed by atoms with van der Waals surface area (Å²) < 4.78 is 6.90. The third-order valence-electron chi connectivity index (χ3n) is 5.34. The number of carbonyl (C=O) groups is 1. The van der Waals surface area contributed by atoms with E-state index in [9.17, 15) is 4.79 Å². The zero-order valence-electron chi connectivity index (χ0n) is 16.8. The van der Waals surface area contributed by atoms with Crippen molar-refractivity contribution in [1.82, 2.24) is 19.8 Å². The Morgan fingerprint density at radius 2 is 1.93 bits per heavy atom. The number of carbonyl (C=O) groups excluding carboxylic acids is 1. The van der Waals surface area contributed by atoms with Crippen LogP contribution in [-0.2, 0) is 4.79 Å². The van der Waals surface area contributed by atoms with Gasteiger partial charge in [0, 0.05) is 18.7 Å². The molecule has 7 nitrogen and oxygen atoms in total. The van der Waals surface area contributed by atoms with Gasteiger partial charge in [0.25, 0.3) is 0 Å². The Morgan fingerprint density at radius 3 is 2.57 bits per heavy atom. The van der Waals surface area contributed by atoms with Crippen LogP contribution in [0.1, 0.15) is 39.5 Å². The van der Waals surface area contributed by atoms with Gasteiger partial charge in [-0.15, -0.1) is 10.2 Å². The fourth-order valence-corrected chi connectivity index (χ4v) is 4.28. The predicted octanol–water partition coefficient (Wildman–Crippen LogP) is 3.19. The van der Waals surface area contributed by atoms with Crippen LogP contribution in [-0.4, -0.2) is 51.1 Å². The van der Waals surface area contributed by atoms with E-state index in [-0.39, 0.29) is 5.91 Å². The highest BCUT2D eigenvalue weighted by Gasteiger charge is 2.25. The van der Waals surface area contributed by atoms with Crippen LogP contribution in [0.3, 0.4) is 0 Å². The SMILES string of the molecule is CCOc1ccc(-c2nnc(SCC(=O)N(C)C3CCC(C)CC3)n2N)cc1. The summed E-state index contributed by atoms with van der Waals surface area (Å²) in [6, 6.07) is 7.90. The maximum atomic E-state index is 12.6. The van der Waals surface area contributed by atoms with E-state index in [0.717, 1.165) is 30.1 Å². The number of hydrogen-bond acceptors (Lipinski definition) is 6. The van der Waals surface area contributed by atoms with Crippen LogP contribution in [0.25, 0.3) is 11.4 Å². The molecule has 0 spiro atoms. The van der Waals surface area contributed by atoms with Gasteiger partial charge in [0.1, 0.15) is 5.75 Å². The summed E-state index contributed by atoms with van der Waals surface area (Å²) >= 11 is 1.32. The Labute approximate surface area is 170 Å². The number of benzene rings is 1. The van der Waals surface area contributed by atoms with Crippen LogP contribution >= 0.6 is 11.8 Å². The lowest BCUT2D eigenvalue weighted by Gasteiger charge is -2.33. The molecule has 1 aliphatic rings. The molecular weight excluding hydrogens is 374 g/mol. The number of nitrogens with zero attached hydrogens (tertiary/aromatic N) is 4. The molecule has 0 aliphatic heterocycles. The zero-order valence-corrected chi connectivity index (χ0v) is 17.6. The van der Waals surface area contributed by atoms with Gasteiger partial charge in [-0.1, -0.05) is 18.7 Å². The van der Waals surface area contributed by atoms with Crippen molar-refractivity contribution in [2.45, 2.75) is 50.7 Å². The van der Waals surface area contributed by atoms with Crippen molar-refractivity contribution in [3.63, 3.8) is 0 Å². The second kappa shape index (κ2) is 9.32. The van der Waals surface area contributed by atoms with E-state index in [2.05, 4.69) is 17.1 Å². The average molecular weight is 404 g/mol. The van der Waals surface area contributed by atoms with Crippen molar-refractivity contribution in [3.8, 4) is 17.1 Å². The first-order chi connectivity index (χ1) is 13.5. The zero-order chi connectivity index (χ0) is 20.1. The molecule has 8 heteroatoms. The fourth-order valence-electron chi connectivity index (χ4n) is 3.50. The first-order valence-electron chi connectivity index (χ1n) is 9.81. The number of amides is 1. The Kier molecular flexibility index (Phi) is 6.83. The summed E-state index contributed by atoms with van der Waals surface area (Å²) in [5, 5.41) is 8.87. The van der Waals surface area contributed by atoms with E-state index in [1.807, 2.05) is 43.1 Å². The third-order valence-corrected chi connectivity index (χ3v) is 6.27. The molecule has 2 aromatic rings. The lowest BCUT2D eigenvalue weighted by Crippen LogP contribution is -2.40. The fraction of sp³-hybridized carbons (Fsp3) is 0.550. The van der Waals surface area contributed by atoms with Crippen LogP contribution in [0, 0.1) is 5.92 Å². The summed E-state index contributed by atoms with van der Waals surface area (Å²) in [5.41, 5.74) is 0.852. The van der Waals surface area contributed by atoms with Crippen molar-refractivity contribution >= 4 is 17.7 Å². The molecule has 1 aromatic heterocycles. The normalized spacial score (nSPS) is 19.4. The van der Waals surface area contributed by atoms with Crippen LogP contribution in [0.5, 0.6) is 5.75 Å². The second-order valence-electron chi connectivity index (χ2n) is 7.34. The average Bonchev–Trinajstić information content (AvgIpc) is 3.07. The number of rotatable bonds is 7. The lowest BCUT2D eigenvalue weighted by atomic mass is 9.87. The molecule has 1 aliphatic carbocycles. The molecule has 0 bridgehead atoms. The third kappa shape index (κ3) is 4.79. The maximum Gasteiger partial charge on any atom is 0.233 e. The number of hydrogen-bond donors (Lipinski definition) is 1. The quantitative estimate of drug-likeness (QED) is 0.564. The van der Waals surface area contributed by atoms with Gasteiger partial charge in [0.15, 0.2) is 5.82 Å². The molecule has 1 amide bonds. The van der Waals surface area contributed by atoms with Crippen LogP contribution in [0.2, 0.25) is 0 Å². The van der Waals surface area contributed by atoms with E-state index >= 15 is 0 Å². The number of ether oxygens (including phenoxy) is 1. The number of nitrogen functional groups attached to an aromatic ring is 1. The highest BCUT2D eigenvalue weighted by molar-refractivity contribution is 7.99. The standard InChI is InChI=1S/C20H29N5O2S/c1-4-27-17-11-7-15(8-12-17)19-22-23-20(25(19)21)28-13-18(26)24(3)16-9-5-14(2)6-10-16/h7-8,11-12,14,16H,4-6,9-10,13,21H2,1-3H3. The van der Waals surface area contributed by atoms with Gasteiger partial charge in [0.2, 0.25) is 11.1 Å². The summed E-state index contributed by atoms with van der Waals surface area (Å²) in [4.78, 5) is 14.5. The summed E-state index contributed by atoms with van der Waals surface area (Å²) in [7, 11) is 1.90. The van der Waals surface area contributed by atoms with Crippen LogP contribution in [0.4, 0.5) is 0 Å². The van der Waals surface area contributed by atoms with E-state index < -0.39 is 0 Å². The molecule has 1 saturated carbocycles. The van der Waals surface area contributed by atoms with Gasteiger partial charge >= 0.3 is 0 Å². The molecule has 3 rings (SSSR count). The van der Waals surface area contributed by atoms with Crippen molar-refractivity contribution in [1.29, 1.82) is 0 Å². The minimum atomic E-state index is 0.107. The van der Waals surface area contributed by atoms with Crippen molar-refractivity contribution in [2.75, 3.05) is 25.3 Å². The first-order valence-corrected chi connectivity index (χ1v) is 10.8. The maximum absolute atomic E-state index is 12.6. The molecule has 2 N–H and O–H groups in total. The Balaban J connectivity index is 1.58. The van der Waals surface area contributed by atoms with Gasteiger partial charge in [-0.3, -0.25) is 4.79 Å². The van der Waals surface area contributed by atoms with Gasteiger partial charge < -0.3 is 15.5 Å². The van der Waals surface area contributed by atoms with Crippen molar-refractivity contribution in [2.24, 2.45) is 5.92 Å². The van der Waals surface area contributed by atoms with E-state index in [1.54, 1.807) is 0 Å². The van der Waals surface area contributed by atoms with Gasteiger partial charge in [-0.2, -0.15) is 0 Å². The Hall–Kier alpha value is -2.22. The van der Waals surface area contributed by atoms with Gasteiger partial charge in [-0.25, -0.2) is 4.68 Å². The molecule has 1 heterocycles. The molecule has 1 aromatic carbocycles. The molecule has 28 heavy (non-hydrogen) atoms. The highest BCUT2D eigenvalue weighted by Crippen LogP contribution is 2.28. The molecule has 0 unspecified atom stereocenters. The topological polar surface area (TPSA) is 86.3 Å². The number of thioether (sulfide) groups is 1. The number of aromatic nitrogens is 3. The summed E-state index contributed by atoms with van der Waals surface area (Å²) in [5.74, 6) is 8.71. The van der Waals surface area contributed by atoms with Crippen LogP contribution in [0.15, 0.2) is 29.4 Å². The Bertz CT molecular complexity index is 784. The predicted molar refractivity (Wildman–Crippen MR) is 112 cm³/mol. The lowest BCUT2D eigenvalue weighted by molar-refractivity contribution is -0.129. The van der Waals surface area contributed by atoms with E-state index in [1.165, 1.54) is 29.3 Å². The van der Waals surface area contributed by atoms with Gasteiger partial charge in [0.05, 0.1) is 12.4 Å². The second-order valence-corrected chi connectivity index (χ2v) is 8.28. The van der Waals surface area contributed by atoms with Crippen molar-refractivity contribution in [3.05, 3.63) is 24.3 Å². The molecule has 152 valence electrons. The van der Waals surface area contributed by atoms with Crippen LogP contribution < -0.4 is 10.6 Å². The van der Waals surface area contributed by atoms with E-state index in [0.29, 0.717) is 29.4 Å². The van der Waals surface area contributed by atoms with E-state index in [4.69, 9.17) is 10.6 Å². The largest absolute Gasteiger partial charge is 0.494 e. The molecule has 0 atom stereocenters. The first kappa shape index (κ1) is 20.5. The monoisotopic (exact) mass is 403 g/mol. The minimum absolute atomic E-state index is 0.107. The number of nitrogens with two attached hydrogens (primary N) is 1. The van der Waals surface area contributed by atoms with Crippen molar-refractivity contribution < 1.29 is 9.53 Å². The molecule has 0 saturated heterocycles. The summed E-state index contributed by atoms with van der Waals surface area (Å²) in [6.45, 7) is 4.85. The molecule has 1 fully saturated rings. The Morgan fingerprint density at radius 1 is 1.25 bits per heavy atom.